The van der Waals surface area contributed by atoms with Crippen LogP contribution in [0.1, 0.15) is 52.0 Å². The molecule has 0 spiro atoms. The van der Waals surface area contributed by atoms with Crippen molar-refractivity contribution in [3.8, 4) is 11.5 Å². The molecule has 0 atom stereocenters. The molecule has 1 aliphatic rings. The fourth-order valence-corrected chi connectivity index (χ4v) is 2.18. The van der Waals surface area contributed by atoms with Crippen LogP contribution in [0.4, 0.5) is 0 Å². The molecule has 1 aromatic rings. The van der Waals surface area contributed by atoms with E-state index in [9.17, 15) is 0 Å². The fourth-order valence-electron chi connectivity index (χ4n) is 2.18. The minimum absolute atomic E-state index is 0.473. The van der Waals surface area contributed by atoms with Crippen molar-refractivity contribution in [3.63, 3.8) is 0 Å². The molecule has 0 bridgehead atoms. The van der Waals surface area contributed by atoms with Crippen molar-refractivity contribution in [2.45, 2.75) is 59.0 Å². The van der Waals surface area contributed by atoms with Crippen molar-refractivity contribution in [1.29, 1.82) is 0 Å². The van der Waals surface area contributed by atoms with E-state index in [-0.39, 0.29) is 0 Å². The number of hydrogen-bond donors (Lipinski definition) is 1. The second-order valence-electron chi connectivity index (χ2n) is 6.23. The molecule has 118 valence electrons. The second kappa shape index (κ2) is 8.28. The Labute approximate surface area is 129 Å². The molecule has 0 amide bonds. The minimum atomic E-state index is 0.473. The Kier molecular flexibility index (Phi) is 6.37. The van der Waals surface area contributed by atoms with Gasteiger partial charge >= 0.3 is 0 Å². The van der Waals surface area contributed by atoms with E-state index in [2.05, 4.69) is 32.2 Å². The van der Waals surface area contributed by atoms with E-state index in [0.717, 1.165) is 43.6 Å². The second-order valence-corrected chi connectivity index (χ2v) is 6.23. The predicted molar refractivity (Wildman–Crippen MR) is 87.0 cm³/mol. The van der Waals surface area contributed by atoms with Gasteiger partial charge in [0.1, 0.15) is 11.5 Å². The van der Waals surface area contributed by atoms with Gasteiger partial charge in [0.15, 0.2) is 0 Å². The smallest absolute Gasteiger partial charge is 0.127 e. The summed E-state index contributed by atoms with van der Waals surface area (Å²) in [5.74, 6) is 2.78. The highest BCUT2D eigenvalue weighted by molar-refractivity contribution is 5.40. The van der Waals surface area contributed by atoms with Gasteiger partial charge in [0.25, 0.3) is 0 Å². The summed E-state index contributed by atoms with van der Waals surface area (Å²) in [7, 11) is 0. The number of benzene rings is 1. The van der Waals surface area contributed by atoms with E-state index in [1.165, 1.54) is 24.8 Å². The maximum Gasteiger partial charge on any atom is 0.127 e. The van der Waals surface area contributed by atoms with Crippen LogP contribution in [0.3, 0.4) is 0 Å². The lowest BCUT2D eigenvalue weighted by Crippen LogP contribution is -2.22. The molecule has 0 aromatic heterocycles. The molecule has 0 aliphatic heterocycles. The molecule has 0 radical (unpaired) electrons. The van der Waals surface area contributed by atoms with Gasteiger partial charge in [-0.1, -0.05) is 39.7 Å². The maximum absolute atomic E-state index is 6.02. The zero-order valence-electron chi connectivity index (χ0n) is 13.7. The van der Waals surface area contributed by atoms with Gasteiger partial charge in [0.2, 0.25) is 0 Å². The molecular weight excluding hydrogens is 262 g/mol. The number of hydrogen-bond acceptors (Lipinski definition) is 3. The first-order chi connectivity index (χ1) is 10.2. The number of ether oxygens (including phenoxy) is 2. The standard InChI is InChI=1S/C18H29NO2/c1-4-10-20-17-8-7-16(13-19-14(2)3)18(12-17)21-11-9-15-5-6-15/h7-8,12,14-15,19H,4-6,9-11,13H2,1-3H3. The van der Waals surface area contributed by atoms with Crippen LogP contribution in [0, 0.1) is 5.92 Å². The zero-order valence-corrected chi connectivity index (χ0v) is 13.7. The molecule has 3 heteroatoms. The van der Waals surface area contributed by atoms with E-state index >= 15 is 0 Å². The summed E-state index contributed by atoms with van der Waals surface area (Å²) < 4.78 is 11.7. The first kappa shape index (κ1) is 16.2. The summed E-state index contributed by atoms with van der Waals surface area (Å²) in [6.45, 7) is 8.85. The zero-order chi connectivity index (χ0) is 15.1. The molecule has 1 aromatic carbocycles. The summed E-state index contributed by atoms with van der Waals surface area (Å²) in [5, 5.41) is 3.46. The summed E-state index contributed by atoms with van der Waals surface area (Å²) in [5.41, 5.74) is 1.21. The van der Waals surface area contributed by atoms with Gasteiger partial charge in [-0.3, -0.25) is 0 Å². The van der Waals surface area contributed by atoms with Crippen molar-refractivity contribution in [2.24, 2.45) is 5.92 Å². The minimum Gasteiger partial charge on any atom is -0.493 e. The van der Waals surface area contributed by atoms with Crippen LogP contribution in [0.15, 0.2) is 18.2 Å². The third-order valence-electron chi connectivity index (χ3n) is 3.69. The summed E-state index contributed by atoms with van der Waals surface area (Å²) >= 11 is 0. The van der Waals surface area contributed by atoms with Crippen molar-refractivity contribution in [2.75, 3.05) is 13.2 Å². The molecule has 1 saturated carbocycles. The highest BCUT2D eigenvalue weighted by Gasteiger charge is 2.21. The van der Waals surface area contributed by atoms with Crippen LogP contribution < -0.4 is 14.8 Å². The van der Waals surface area contributed by atoms with E-state index < -0.39 is 0 Å². The molecule has 1 fully saturated rings. The van der Waals surface area contributed by atoms with E-state index in [1.54, 1.807) is 0 Å². The SMILES string of the molecule is CCCOc1ccc(CNC(C)C)c(OCCC2CC2)c1. The molecular formula is C18H29NO2. The third kappa shape index (κ3) is 5.96. The van der Waals surface area contributed by atoms with Crippen LogP contribution in [0.25, 0.3) is 0 Å². The van der Waals surface area contributed by atoms with Gasteiger partial charge < -0.3 is 14.8 Å². The van der Waals surface area contributed by atoms with Gasteiger partial charge in [-0.25, -0.2) is 0 Å². The van der Waals surface area contributed by atoms with Gasteiger partial charge in [-0.05, 0) is 24.8 Å². The van der Waals surface area contributed by atoms with Crippen LogP contribution >= 0.6 is 0 Å². The Hall–Kier alpha value is -1.22. The predicted octanol–water partition coefficient (Wildman–Crippen LogP) is 4.15. The molecule has 0 saturated heterocycles. The monoisotopic (exact) mass is 291 g/mol. The molecule has 3 nitrogen and oxygen atoms in total. The lowest BCUT2D eigenvalue weighted by molar-refractivity contribution is 0.289. The average Bonchev–Trinajstić information content (AvgIpc) is 3.28. The molecule has 21 heavy (non-hydrogen) atoms. The third-order valence-corrected chi connectivity index (χ3v) is 3.69. The summed E-state index contributed by atoms with van der Waals surface area (Å²) in [6.07, 6.45) is 4.96. The average molecular weight is 291 g/mol. The highest BCUT2D eigenvalue weighted by atomic mass is 16.5. The normalized spacial score (nSPS) is 14.5. The van der Waals surface area contributed by atoms with Crippen molar-refractivity contribution in [1.82, 2.24) is 5.32 Å². The van der Waals surface area contributed by atoms with Gasteiger partial charge in [-0.15, -0.1) is 0 Å². The van der Waals surface area contributed by atoms with E-state index in [4.69, 9.17) is 9.47 Å². The number of rotatable bonds is 10. The fraction of sp³-hybridized carbons (Fsp3) is 0.667. The van der Waals surface area contributed by atoms with Crippen LogP contribution in [-0.2, 0) is 6.54 Å². The molecule has 1 aliphatic carbocycles. The Bertz CT molecular complexity index is 427. The largest absolute Gasteiger partial charge is 0.493 e. The van der Waals surface area contributed by atoms with Crippen molar-refractivity contribution < 1.29 is 9.47 Å². The van der Waals surface area contributed by atoms with Crippen molar-refractivity contribution >= 4 is 0 Å². The highest BCUT2D eigenvalue weighted by Crippen LogP contribution is 2.33. The first-order valence-electron chi connectivity index (χ1n) is 8.31. The molecule has 1 N–H and O–H groups in total. The maximum atomic E-state index is 6.02. The lowest BCUT2D eigenvalue weighted by Gasteiger charge is -2.15. The summed E-state index contributed by atoms with van der Waals surface area (Å²) in [4.78, 5) is 0. The van der Waals surface area contributed by atoms with E-state index in [0.29, 0.717) is 6.04 Å². The Morgan fingerprint density at radius 2 is 2.00 bits per heavy atom. The Morgan fingerprint density at radius 3 is 2.67 bits per heavy atom. The Balaban J connectivity index is 1.97. The van der Waals surface area contributed by atoms with Gasteiger partial charge in [0, 0.05) is 24.2 Å². The molecule has 0 unspecified atom stereocenters. The van der Waals surface area contributed by atoms with Gasteiger partial charge in [-0.2, -0.15) is 0 Å². The van der Waals surface area contributed by atoms with Crippen molar-refractivity contribution in [3.05, 3.63) is 23.8 Å². The summed E-state index contributed by atoms with van der Waals surface area (Å²) in [6, 6.07) is 6.67. The Morgan fingerprint density at radius 1 is 1.19 bits per heavy atom. The lowest BCUT2D eigenvalue weighted by atomic mass is 10.1. The quantitative estimate of drug-likeness (QED) is 0.702. The van der Waals surface area contributed by atoms with Crippen LogP contribution in [0.5, 0.6) is 11.5 Å². The molecule has 0 heterocycles. The number of nitrogens with one attached hydrogen (secondary N) is 1. The molecule has 2 rings (SSSR count). The van der Waals surface area contributed by atoms with Gasteiger partial charge in [0.05, 0.1) is 13.2 Å². The van der Waals surface area contributed by atoms with Crippen LogP contribution in [0.2, 0.25) is 0 Å². The van der Waals surface area contributed by atoms with Crippen LogP contribution in [-0.4, -0.2) is 19.3 Å². The first-order valence-corrected chi connectivity index (χ1v) is 8.31. The van der Waals surface area contributed by atoms with E-state index in [1.807, 2.05) is 12.1 Å². The topological polar surface area (TPSA) is 30.5 Å².